The summed E-state index contributed by atoms with van der Waals surface area (Å²) in [5.74, 6) is 0. The van der Waals surface area contributed by atoms with E-state index in [2.05, 4.69) is 84.8 Å². The van der Waals surface area contributed by atoms with Crippen LogP contribution in [0.4, 0.5) is 5.69 Å². The van der Waals surface area contributed by atoms with Crippen LogP contribution in [-0.4, -0.2) is 7.05 Å². The first-order valence-corrected chi connectivity index (χ1v) is 9.29. The Kier molecular flexibility index (Phi) is 3.24. The number of rotatable bonds is 2. The second-order valence-electron chi connectivity index (χ2n) is 7.50. The zero-order chi connectivity index (χ0) is 16.9. The number of likely N-dealkylation sites (N-methyl/N-ethyl adjacent to an activating group) is 1. The number of anilines is 1. The monoisotopic (exact) mass is 325 g/mol. The van der Waals surface area contributed by atoms with Crippen LogP contribution < -0.4 is 4.90 Å². The predicted octanol–water partition coefficient (Wildman–Crippen LogP) is 5.84. The van der Waals surface area contributed by atoms with Gasteiger partial charge in [0.2, 0.25) is 0 Å². The van der Waals surface area contributed by atoms with Crippen LogP contribution in [0.5, 0.6) is 0 Å². The minimum absolute atomic E-state index is 0.145. The standard InChI is InChI=1S/C24H23N/c1-25-22-11-5-4-10-21(22)24(15-7-6-12-23(24)25)17-18-13-14-19-8-2-3-9-20(19)16-18/h2-5,8-14,16H,6-7,15,17H2,1H3. The summed E-state index contributed by atoms with van der Waals surface area (Å²) >= 11 is 0. The van der Waals surface area contributed by atoms with Crippen LogP contribution in [-0.2, 0) is 11.8 Å². The molecule has 0 aromatic heterocycles. The molecule has 3 aromatic rings. The molecule has 1 atom stereocenters. The van der Waals surface area contributed by atoms with Crippen LogP contribution in [0, 0.1) is 0 Å². The number of hydrogen-bond donors (Lipinski definition) is 0. The number of nitrogens with zero attached hydrogens (tertiary/aromatic N) is 1. The van der Waals surface area contributed by atoms with E-state index in [0.29, 0.717) is 0 Å². The minimum Gasteiger partial charge on any atom is -0.347 e. The molecule has 1 heteroatoms. The van der Waals surface area contributed by atoms with E-state index in [9.17, 15) is 0 Å². The van der Waals surface area contributed by atoms with Crippen molar-refractivity contribution in [2.45, 2.75) is 31.1 Å². The maximum Gasteiger partial charge on any atom is 0.0448 e. The summed E-state index contributed by atoms with van der Waals surface area (Å²) in [4.78, 5) is 2.43. The van der Waals surface area contributed by atoms with Gasteiger partial charge >= 0.3 is 0 Å². The van der Waals surface area contributed by atoms with Gasteiger partial charge in [-0.2, -0.15) is 0 Å². The Morgan fingerprint density at radius 1 is 0.920 bits per heavy atom. The number of para-hydroxylation sites is 1. The molecular formula is C24H23N. The van der Waals surface area contributed by atoms with Crippen LogP contribution in [0.25, 0.3) is 10.8 Å². The van der Waals surface area contributed by atoms with Crippen molar-refractivity contribution in [1.29, 1.82) is 0 Å². The van der Waals surface area contributed by atoms with Crippen LogP contribution in [0.15, 0.2) is 78.5 Å². The van der Waals surface area contributed by atoms with Gasteiger partial charge in [0.25, 0.3) is 0 Å². The maximum absolute atomic E-state index is 2.48. The minimum atomic E-state index is 0.145. The van der Waals surface area contributed by atoms with Gasteiger partial charge in [-0.25, -0.2) is 0 Å². The normalized spacial score (nSPS) is 21.8. The highest BCUT2D eigenvalue weighted by Gasteiger charge is 2.46. The summed E-state index contributed by atoms with van der Waals surface area (Å²) in [6.45, 7) is 0. The molecule has 1 unspecified atom stereocenters. The van der Waals surface area contributed by atoms with E-state index >= 15 is 0 Å². The quantitative estimate of drug-likeness (QED) is 0.572. The van der Waals surface area contributed by atoms with Crippen molar-refractivity contribution in [2.24, 2.45) is 0 Å². The molecule has 1 heterocycles. The van der Waals surface area contributed by atoms with Gasteiger partial charge in [0, 0.05) is 23.8 Å². The maximum atomic E-state index is 2.48. The fraction of sp³-hybridized carbons (Fsp3) is 0.250. The summed E-state index contributed by atoms with van der Waals surface area (Å²) in [6.07, 6.45) is 7.29. The predicted molar refractivity (Wildman–Crippen MR) is 106 cm³/mol. The van der Waals surface area contributed by atoms with Crippen molar-refractivity contribution < 1.29 is 0 Å². The van der Waals surface area contributed by atoms with Crippen LogP contribution in [0.2, 0.25) is 0 Å². The molecule has 2 aliphatic rings. The van der Waals surface area contributed by atoms with Crippen molar-refractivity contribution in [3.63, 3.8) is 0 Å². The Bertz CT molecular complexity index is 984. The van der Waals surface area contributed by atoms with Gasteiger partial charge < -0.3 is 4.90 Å². The second kappa shape index (κ2) is 5.49. The van der Waals surface area contributed by atoms with Crippen LogP contribution >= 0.6 is 0 Å². The molecule has 5 rings (SSSR count). The summed E-state index contributed by atoms with van der Waals surface area (Å²) in [5.41, 5.74) is 5.99. The van der Waals surface area contributed by atoms with Crippen molar-refractivity contribution in [2.75, 3.05) is 11.9 Å². The van der Waals surface area contributed by atoms with E-state index in [-0.39, 0.29) is 5.41 Å². The van der Waals surface area contributed by atoms with Gasteiger partial charge in [-0.3, -0.25) is 0 Å². The van der Waals surface area contributed by atoms with Gasteiger partial charge in [0.15, 0.2) is 0 Å². The Labute approximate surface area is 149 Å². The highest BCUT2D eigenvalue weighted by atomic mass is 15.2. The molecular weight excluding hydrogens is 302 g/mol. The lowest BCUT2D eigenvalue weighted by Gasteiger charge is -2.36. The fourth-order valence-corrected chi connectivity index (χ4v) is 4.97. The lowest BCUT2D eigenvalue weighted by Crippen LogP contribution is -2.34. The molecule has 0 saturated heterocycles. The lowest BCUT2D eigenvalue weighted by molar-refractivity contribution is 0.433. The van der Waals surface area contributed by atoms with E-state index < -0.39 is 0 Å². The average Bonchev–Trinajstić information content (AvgIpc) is 2.91. The molecule has 1 nitrogen and oxygen atoms in total. The molecule has 3 aromatic carbocycles. The van der Waals surface area contributed by atoms with Gasteiger partial charge in [0.1, 0.15) is 0 Å². The van der Waals surface area contributed by atoms with E-state index in [0.717, 1.165) is 6.42 Å². The van der Waals surface area contributed by atoms with Gasteiger partial charge in [-0.05, 0) is 53.6 Å². The lowest BCUT2D eigenvalue weighted by atomic mass is 9.69. The number of hydrogen-bond acceptors (Lipinski definition) is 1. The van der Waals surface area contributed by atoms with Crippen molar-refractivity contribution in [1.82, 2.24) is 0 Å². The molecule has 0 spiro atoms. The van der Waals surface area contributed by atoms with Gasteiger partial charge in [-0.1, -0.05) is 66.7 Å². The Balaban J connectivity index is 1.65. The van der Waals surface area contributed by atoms with E-state index in [4.69, 9.17) is 0 Å². The van der Waals surface area contributed by atoms with E-state index in [1.807, 2.05) is 0 Å². The Morgan fingerprint density at radius 2 is 1.72 bits per heavy atom. The summed E-state index contributed by atoms with van der Waals surface area (Å²) in [6, 6.07) is 24.6. The molecule has 0 bridgehead atoms. The fourth-order valence-electron chi connectivity index (χ4n) is 4.97. The molecule has 124 valence electrons. The third-order valence-electron chi connectivity index (χ3n) is 6.10. The van der Waals surface area contributed by atoms with Gasteiger partial charge in [-0.15, -0.1) is 0 Å². The third-order valence-corrected chi connectivity index (χ3v) is 6.10. The third kappa shape index (κ3) is 2.15. The highest BCUT2D eigenvalue weighted by Crippen LogP contribution is 2.53. The first kappa shape index (κ1) is 14.8. The van der Waals surface area contributed by atoms with Crippen molar-refractivity contribution >= 4 is 16.5 Å². The molecule has 0 saturated carbocycles. The number of fused-ring (bicyclic) bond motifs is 4. The first-order valence-electron chi connectivity index (χ1n) is 9.29. The summed E-state index contributed by atoms with van der Waals surface area (Å²) < 4.78 is 0. The van der Waals surface area contributed by atoms with Crippen LogP contribution in [0.3, 0.4) is 0 Å². The molecule has 1 aliphatic carbocycles. The van der Waals surface area contributed by atoms with E-state index in [1.165, 1.54) is 52.5 Å². The van der Waals surface area contributed by atoms with Gasteiger partial charge in [0.05, 0.1) is 0 Å². The molecule has 0 amide bonds. The molecule has 0 N–H and O–H groups in total. The highest BCUT2D eigenvalue weighted by molar-refractivity contribution is 5.83. The first-order chi connectivity index (χ1) is 12.3. The Hall–Kier alpha value is -2.54. The molecule has 0 fully saturated rings. The molecule has 1 aliphatic heterocycles. The zero-order valence-corrected chi connectivity index (χ0v) is 14.7. The Morgan fingerprint density at radius 3 is 2.64 bits per heavy atom. The smallest absolute Gasteiger partial charge is 0.0448 e. The molecule has 25 heavy (non-hydrogen) atoms. The second-order valence-corrected chi connectivity index (χ2v) is 7.50. The average molecular weight is 325 g/mol. The van der Waals surface area contributed by atoms with Crippen LogP contribution in [0.1, 0.15) is 30.4 Å². The van der Waals surface area contributed by atoms with Crippen molar-refractivity contribution in [3.8, 4) is 0 Å². The SMILES string of the molecule is CN1C2=CCCCC2(Cc2ccc3ccccc3c2)c2ccccc21. The topological polar surface area (TPSA) is 3.24 Å². The summed E-state index contributed by atoms with van der Waals surface area (Å²) in [7, 11) is 2.23. The number of allylic oxidation sites excluding steroid dienone is 2. The zero-order valence-electron chi connectivity index (χ0n) is 14.7. The van der Waals surface area contributed by atoms with Crippen molar-refractivity contribution in [3.05, 3.63) is 89.6 Å². The molecule has 0 radical (unpaired) electrons. The van der Waals surface area contributed by atoms with E-state index in [1.54, 1.807) is 0 Å². The largest absolute Gasteiger partial charge is 0.347 e. The summed E-state index contributed by atoms with van der Waals surface area (Å²) in [5, 5.41) is 2.67. The number of benzene rings is 3.